The molecule has 2 heterocycles. The van der Waals surface area contributed by atoms with Crippen molar-refractivity contribution < 1.29 is 32.6 Å². The SMILES string of the molecule is CCOc1cccc2cc(-c3cc(=O)oc4cc(OC(=O)c5c(OC)cccc5OC)ccc34)c(=O)oc12. The van der Waals surface area contributed by atoms with Gasteiger partial charge in [0.05, 0.1) is 26.4 Å². The Morgan fingerprint density at radius 3 is 2.24 bits per heavy atom. The zero-order chi connectivity index (χ0) is 26.8. The number of hydrogen-bond donors (Lipinski definition) is 0. The first-order valence-electron chi connectivity index (χ1n) is 11.6. The van der Waals surface area contributed by atoms with E-state index < -0.39 is 17.2 Å². The molecule has 0 radical (unpaired) electrons. The average molecular weight is 514 g/mol. The molecule has 0 aliphatic heterocycles. The van der Waals surface area contributed by atoms with Gasteiger partial charge in [0.2, 0.25) is 0 Å². The highest BCUT2D eigenvalue weighted by atomic mass is 16.5. The van der Waals surface area contributed by atoms with E-state index in [1.54, 1.807) is 48.5 Å². The van der Waals surface area contributed by atoms with Gasteiger partial charge >= 0.3 is 17.2 Å². The highest BCUT2D eigenvalue weighted by Crippen LogP contribution is 2.33. The summed E-state index contributed by atoms with van der Waals surface area (Å²) in [4.78, 5) is 38.4. The van der Waals surface area contributed by atoms with E-state index in [1.165, 1.54) is 32.4 Å². The summed E-state index contributed by atoms with van der Waals surface area (Å²) in [5, 5.41) is 1.08. The van der Waals surface area contributed by atoms with Crippen molar-refractivity contribution in [3.8, 4) is 34.1 Å². The Hall–Kier alpha value is -5.05. The Balaban J connectivity index is 1.58. The predicted molar refractivity (Wildman–Crippen MR) is 140 cm³/mol. The van der Waals surface area contributed by atoms with Crippen molar-refractivity contribution >= 4 is 27.9 Å². The summed E-state index contributed by atoms with van der Waals surface area (Å²) in [6, 6.07) is 17.6. The Labute approximate surface area is 215 Å². The second-order valence-electron chi connectivity index (χ2n) is 8.12. The van der Waals surface area contributed by atoms with Crippen LogP contribution in [0.15, 0.2) is 85.2 Å². The van der Waals surface area contributed by atoms with Gasteiger partial charge in [-0.2, -0.15) is 0 Å². The summed E-state index contributed by atoms with van der Waals surface area (Å²) in [6.07, 6.45) is 0. The quantitative estimate of drug-likeness (QED) is 0.164. The van der Waals surface area contributed by atoms with Gasteiger partial charge in [-0.15, -0.1) is 0 Å². The normalized spacial score (nSPS) is 10.9. The molecule has 0 aliphatic rings. The Bertz CT molecular complexity index is 1770. The molecule has 192 valence electrons. The molecule has 0 aliphatic carbocycles. The van der Waals surface area contributed by atoms with E-state index in [4.69, 9.17) is 27.8 Å². The lowest BCUT2D eigenvalue weighted by Crippen LogP contribution is -2.12. The lowest BCUT2D eigenvalue weighted by atomic mass is 10.0. The highest BCUT2D eigenvalue weighted by Gasteiger charge is 2.21. The molecule has 0 atom stereocenters. The van der Waals surface area contributed by atoms with Crippen LogP contribution in [0, 0.1) is 0 Å². The van der Waals surface area contributed by atoms with E-state index in [0.29, 0.717) is 34.3 Å². The molecule has 38 heavy (non-hydrogen) atoms. The molecule has 0 fully saturated rings. The number of fused-ring (bicyclic) bond motifs is 2. The van der Waals surface area contributed by atoms with Crippen LogP contribution in [0.5, 0.6) is 23.0 Å². The summed E-state index contributed by atoms with van der Waals surface area (Å²) in [7, 11) is 2.86. The molecule has 0 saturated carbocycles. The molecule has 0 spiro atoms. The van der Waals surface area contributed by atoms with Crippen molar-refractivity contribution in [3.63, 3.8) is 0 Å². The summed E-state index contributed by atoms with van der Waals surface area (Å²) in [6.45, 7) is 2.24. The molecule has 0 saturated heterocycles. The van der Waals surface area contributed by atoms with Gasteiger partial charge in [-0.25, -0.2) is 14.4 Å². The first kappa shape index (κ1) is 24.6. The first-order valence-corrected chi connectivity index (χ1v) is 11.6. The first-order chi connectivity index (χ1) is 18.4. The third kappa shape index (κ3) is 4.45. The van der Waals surface area contributed by atoms with Gasteiger partial charge in [0.1, 0.15) is 28.4 Å². The number of methoxy groups -OCH3 is 2. The maximum absolute atomic E-state index is 13.0. The minimum Gasteiger partial charge on any atom is -0.496 e. The topological polar surface area (TPSA) is 114 Å². The van der Waals surface area contributed by atoms with Crippen molar-refractivity contribution in [2.75, 3.05) is 20.8 Å². The van der Waals surface area contributed by atoms with Crippen LogP contribution in [-0.2, 0) is 0 Å². The lowest BCUT2D eigenvalue weighted by Gasteiger charge is -2.12. The molecular formula is C29H22O9. The minimum atomic E-state index is -0.725. The molecule has 0 bridgehead atoms. The number of hydrogen-bond acceptors (Lipinski definition) is 9. The fraction of sp³-hybridized carbons (Fsp3) is 0.138. The van der Waals surface area contributed by atoms with Crippen LogP contribution in [0.25, 0.3) is 33.1 Å². The average Bonchev–Trinajstić information content (AvgIpc) is 2.92. The summed E-state index contributed by atoms with van der Waals surface area (Å²) >= 11 is 0. The van der Waals surface area contributed by atoms with E-state index in [2.05, 4.69) is 0 Å². The molecule has 9 heteroatoms. The van der Waals surface area contributed by atoms with Crippen molar-refractivity contribution in [1.82, 2.24) is 0 Å². The van der Waals surface area contributed by atoms with Crippen LogP contribution in [0.1, 0.15) is 17.3 Å². The molecule has 9 nitrogen and oxygen atoms in total. The van der Waals surface area contributed by atoms with Gasteiger partial charge < -0.3 is 27.8 Å². The van der Waals surface area contributed by atoms with Gasteiger partial charge in [0.15, 0.2) is 11.3 Å². The monoisotopic (exact) mass is 514 g/mol. The van der Waals surface area contributed by atoms with E-state index in [9.17, 15) is 14.4 Å². The van der Waals surface area contributed by atoms with Gasteiger partial charge in [0, 0.05) is 28.5 Å². The fourth-order valence-electron chi connectivity index (χ4n) is 4.21. The van der Waals surface area contributed by atoms with Crippen molar-refractivity contribution in [3.05, 3.63) is 93.1 Å². The number of ether oxygens (including phenoxy) is 4. The molecule has 3 aromatic carbocycles. The highest BCUT2D eigenvalue weighted by molar-refractivity contribution is 5.99. The number of esters is 1. The molecule has 0 N–H and O–H groups in total. The van der Waals surface area contributed by atoms with E-state index in [0.717, 1.165) is 0 Å². The largest absolute Gasteiger partial charge is 0.496 e. The smallest absolute Gasteiger partial charge is 0.351 e. The molecule has 5 aromatic rings. The van der Waals surface area contributed by atoms with Crippen molar-refractivity contribution in [2.24, 2.45) is 0 Å². The second-order valence-corrected chi connectivity index (χ2v) is 8.12. The maximum atomic E-state index is 13.0. The maximum Gasteiger partial charge on any atom is 0.351 e. The molecule has 2 aromatic heterocycles. The predicted octanol–water partition coefficient (Wildman–Crippen LogP) is 5.20. The van der Waals surface area contributed by atoms with Crippen LogP contribution in [0.3, 0.4) is 0 Å². The van der Waals surface area contributed by atoms with Crippen LogP contribution in [0.4, 0.5) is 0 Å². The van der Waals surface area contributed by atoms with E-state index in [-0.39, 0.29) is 34.0 Å². The molecule has 0 unspecified atom stereocenters. The van der Waals surface area contributed by atoms with Crippen LogP contribution in [-0.4, -0.2) is 26.8 Å². The lowest BCUT2D eigenvalue weighted by molar-refractivity contribution is 0.0727. The molecule has 0 amide bonds. The number of rotatable bonds is 7. The number of carbonyl (C=O) groups is 1. The van der Waals surface area contributed by atoms with Gasteiger partial charge in [-0.05, 0) is 43.3 Å². The van der Waals surface area contributed by atoms with Crippen LogP contribution < -0.4 is 30.2 Å². The van der Waals surface area contributed by atoms with Gasteiger partial charge in [-0.3, -0.25) is 0 Å². The minimum absolute atomic E-state index is 0.105. The molecule has 5 rings (SSSR count). The third-order valence-corrected chi connectivity index (χ3v) is 5.87. The van der Waals surface area contributed by atoms with Crippen molar-refractivity contribution in [1.29, 1.82) is 0 Å². The van der Waals surface area contributed by atoms with Gasteiger partial charge in [0.25, 0.3) is 0 Å². The Kier molecular flexibility index (Phi) is 6.57. The van der Waals surface area contributed by atoms with Crippen LogP contribution in [0.2, 0.25) is 0 Å². The summed E-state index contributed by atoms with van der Waals surface area (Å²) in [5.41, 5.74) is -0.303. The Morgan fingerprint density at radius 2 is 1.53 bits per heavy atom. The van der Waals surface area contributed by atoms with E-state index in [1.807, 2.05) is 6.92 Å². The number of benzene rings is 3. The van der Waals surface area contributed by atoms with Crippen molar-refractivity contribution in [2.45, 2.75) is 6.92 Å². The second kappa shape index (κ2) is 10.1. The third-order valence-electron chi connectivity index (χ3n) is 5.87. The number of carbonyl (C=O) groups excluding carboxylic acids is 1. The fourth-order valence-corrected chi connectivity index (χ4v) is 4.21. The summed E-state index contributed by atoms with van der Waals surface area (Å²) < 4.78 is 32.6. The summed E-state index contributed by atoms with van der Waals surface area (Å²) in [5.74, 6) is 0.392. The Morgan fingerprint density at radius 1 is 0.816 bits per heavy atom. The zero-order valence-corrected chi connectivity index (χ0v) is 20.7. The molecular weight excluding hydrogens is 492 g/mol. The van der Waals surface area contributed by atoms with Gasteiger partial charge in [-0.1, -0.05) is 18.2 Å². The number of para-hydroxylation sites is 1. The zero-order valence-electron chi connectivity index (χ0n) is 20.7. The van der Waals surface area contributed by atoms with Crippen LogP contribution >= 0.6 is 0 Å². The van der Waals surface area contributed by atoms with E-state index >= 15 is 0 Å². The standard InChI is InChI=1S/C29H22O9/c1-4-35-23-10-5-7-16-13-20(28(31)38-27(16)23)19-15-25(30)37-24-14-17(11-12-18(19)24)36-29(32)26-21(33-2)8-6-9-22(26)34-3/h5-15H,4H2,1-3H3.